The number of rotatable bonds is 5. The van der Waals surface area contributed by atoms with E-state index in [9.17, 15) is 13.2 Å². The van der Waals surface area contributed by atoms with Crippen LogP contribution in [0.4, 0.5) is 24.5 Å². The van der Waals surface area contributed by atoms with Crippen LogP contribution < -0.4 is 5.32 Å². The Hall–Kier alpha value is -4.39. The Kier molecular flexibility index (Phi) is 5.82. The summed E-state index contributed by atoms with van der Waals surface area (Å²) in [4.78, 5) is 4.25. The van der Waals surface area contributed by atoms with Crippen LogP contribution in [0.3, 0.4) is 0 Å². The van der Waals surface area contributed by atoms with Crippen molar-refractivity contribution in [1.29, 1.82) is 0 Å². The second-order valence-electron chi connectivity index (χ2n) is 8.08. The number of hydrogen-bond donors (Lipinski definition) is 1. The van der Waals surface area contributed by atoms with Gasteiger partial charge in [0.05, 0.1) is 17.4 Å². The molecule has 35 heavy (non-hydrogen) atoms. The van der Waals surface area contributed by atoms with Gasteiger partial charge in [0.2, 0.25) is 0 Å². The van der Waals surface area contributed by atoms with Crippen LogP contribution in [-0.2, 0) is 6.18 Å². The van der Waals surface area contributed by atoms with Gasteiger partial charge < -0.3 is 9.84 Å². The van der Waals surface area contributed by atoms with Crippen molar-refractivity contribution < 1.29 is 17.7 Å². The summed E-state index contributed by atoms with van der Waals surface area (Å²) in [5.74, 6) is 0.585. The number of pyridine rings is 1. The number of halogens is 3. The first-order valence-electron chi connectivity index (χ1n) is 10.9. The zero-order chi connectivity index (χ0) is 24.4. The smallest absolute Gasteiger partial charge is 0.354 e. The highest BCUT2D eigenvalue weighted by Crippen LogP contribution is 2.35. The molecule has 0 fully saturated rings. The summed E-state index contributed by atoms with van der Waals surface area (Å²) in [7, 11) is 0. The van der Waals surface area contributed by atoms with Crippen molar-refractivity contribution in [3.63, 3.8) is 0 Å². The van der Waals surface area contributed by atoms with E-state index >= 15 is 0 Å². The van der Waals surface area contributed by atoms with Crippen molar-refractivity contribution >= 4 is 11.4 Å². The fourth-order valence-electron chi connectivity index (χ4n) is 3.82. The van der Waals surface area contributed by atoms with Crippen molar-refractivity contribution in [3.8, 4) is 33.6 Å². The Labute approximate surface area is 200 Å². The molecule has 2 heterocycles. The lowest BCUT2D eigenvalue weighted by atomic mass is 10.0. The van der Waals surface area contributed by atoms with E-state index in [-0.39, 0.29) is 0 Å². The molecule has 4 nitrogen and oxygen atoms in total. The number of anilines is 2. The van der Waals surface area contributed by atoms with Crippen LogP contribution in [0.1, 0.15) is 11.3 Å². The highest BCUT2D eigenvalue weighted by atomic mass is 19.4. The third kappa shape index (κ3) is 4.80. The topological polar surface area (TPSA) is 51.0 Å². The van der Waals surface area contributed by atoms with E-state index in [0.29, 0.717) is 34.0 Å². The maximum atomic E-state index is 12.9. The highest BCUT2D eigenvalue weighted by Gasteiger charge is 2.30. The number of hydrogen-bond acceptors (Lipinski definition) is 4. The van der Waals surface area contributed by atoms with E-state index in [0.717, 1.165) is 28.8 Å². The van der Waals surface area contributed by atoms with Crippen LogP contribution in [-0.4, -0.2) is 10.1 Å². The van der Waals surface area contributed by atoms with Crippen molar-refractivity contribution in [1.82, 2.24) is 10.1 Å². The molecule has 0 radical (unpaired) electrons. The van der Waals surface area contributed by atoms with E-state index in [1.54, 1.807) is 12.4 Å². The molecule has 3 aromatic carbocycles. The quantitative estimate of drug-likeness (QED) is 0.281. The summed E-state index contributed by atoms with van der Waals surface area (Å²) in [6.45, 7) is 1.83. The van der Waals surface area contributed by atoms with E-state index in [2.05, 4.69) is 27.6 Å². The van der Waals surface area contributed by atoms with Gasteiger partial charge in [0, 0.05) is 17.3 Å². The zero-order valence-electron chi connectivity index (χ0n) is 18.7. The van der Waals surface area contributed by atoms with Crippen LogP contribution in [0.25, 0.3) is 33.6 Å². The summed E-state index contributed by atoms with van der Waals surface area (Å²) < 4.78 is 44.3. The van der Waals surface area contributed by atoms with Gasteiger partial charge in [-0.1, -0.05) is 71.9 Å². The largest absolute Gasteiger partial charge is 0.416 e. The van der Waals surface area contributed by atoms with Gasteiger partial charge in [-0.05, 0) is 41.8 Å². The van der Waals surface area contributed by atoms with Gasteiger partial charge in [0.25, 0.3) is 0 Å². The van der Waals surface area contributed by atoms with Gasteiger partial charge in [-0.3, -0.25) is 4.98 Å². The van der Waals surface area contributed by atoms with Crippen molar-refractivity contribution in [2.75, 3.05) is 5.32 Å². The standard InChI is InChI=1S/C28H20F3N3O/c1-18-26(27(35-34-18)22-9-7-20(8-10-22)19-5-3-2-4-6-19)33-25-15-23(16-32-17-25)21-11-13-24(14-12-21)28(29,30)31/h2-17,33H,1H3. The lowest BCUT2D eigenvalue weighted by molar-refractivity contribution is -0.137. The molecule has 0 aliphatic rings. The molecule has 7 heteroatoms. The number of benzene rings is 3. The van der Waals surface area contributed by atoms with Gasteiger partial charge in [-0.25, -0.2) is 0 Å². The third-order valence-corrected chi connectivity index (χ3v) is 5.67. The molecular weight excluding hydrogens is 451 g/mol. The van der Waals surface area contributed by atoms with Gasteiger partial charge in [-0.2, -0.15) is 13.2 Å². The predicted molar refractivity (Wildman–Crippen MR) is 130 cm³/mol. The molecule has 174 valence electrons. The van der Waals surface area contributed by atoms with Crippen LogP contribution in [0.15, 0.2) is 102 Å². The molecule has 2 aromatic heterocycles. The lowest BCUT2D eigenvalue weighted by Gasteiger charge is -2.10. The highest BCUT2D eigenvalue weighted by molar-refractivity contribution is 5.80. The average Bonchev–Trinajstić information content (AvgIpc) is 3.24. The Morgan fingerprint density at radius 2 is 1.31 bits per heavy atom. The molecular formula is C28H20F3N3O. The van der Waals surface area contributed by atoms with Crippen LogP contribution in [0.5, 0.6) is 0 Å². The number of nitrogens with zero attached hydrogens (tertiary/aromatic N) is 2. The SMILES string of the molecule is Cc1noc(-c2ccc(-c3ccccc3)cc2)c1Nc1cncc(-c2ccc(C(F)(F)F)cc2)c1. The molecule has 0 saturated heterocycles. The molecule has 0 atom stereocenters. The molecule has 0 bridgehead atoms. The summed E-state index contributed by atoms with van der Waals surface area (Å²) in [6.07, 6.45) is -1.12. The lowest BCUT2D eigenvalue weighted by Crippen LogP contribution is -2.04. The minimum absolute atomic E-state index is 0.585. The van der Waals surface area contributed by atoms with Crippen LogP contribution in [0.2, 0.25) is 0 Å². The summed E-state index contributed by atoms with van der Waals surface area (Å²) >= 11 is 0. The van der Waals surface area contributed by atoms with Crippen molar-refractivity contribution in [3.05, 3.63) is 109 Å². The number of aromatic nitrogens is 2. The number of nitrogens with one attached hydrogen (secondary N) is 1. The molecule has 5 aromatic rings. The van der Waals surface area contributed by atoms with E-state index < -0.39 is 11.7 Å². The maximum absolute atomic E-state index is 12.9. The van der Waals surface area contributed by atoms with Gasteiger partial charge in [-0.15, -0.1) is 0 Å². The molecule has 0 spiro atoms. The first-order valence-corrected chi connectivity index (χ1v) is 10.9. The first-order chi connectivity index (χ1) is 16.9. The first kappa shape index (κ1) is 22.4. The van der Waals surface area contributed by atoms with Gasteiger partial charge in [0.1, 0.15) is 11.4 Å². The molecule has 1 N–H and O–H groups in total. The second-order valence-corrected chi connectivity index (χ2v) is 8.08. The minimum Gasteiger partial charge on any atom is -0.354 e. The molecule has 0 amide bonds. The van der Waals surface area contributed by atoms with Gasteiger partial charge in [0.15, 0.2) is 5.76 Å². The van der Waals surface area contributed by atoms with Crippen molar-refractivity contribution in [2.45, 2.75) is 13.1 Å². The fraction of sp³-hybridized carbons (Fsp3) is 0.0714. The van der Waals surface area contributed by atoms with E-state index in [1.807, 2.05) is 55.5 Å². The average molecular weight is 471 g/mol. The third-order valence-electron chi connectivity index (χ3n) is 5.67. The summed E-state index contributed by atoms with van der Waals surface area (Å²) in [6, 6.07) is 24.9. The Balaban J connectivity index is 1.41. The summed E-state index contributed by atoms with van der Waals surface area (Å²) in [5, 5.41) is 7.43. The molecule has 5 rings (SSSR count). The molecule has 0 aliphatic heterocycles. The second kappa shape index (κ2) is 9.10. The van der Waals surface area contributed by atoms with Crippen LogP contribution in [0, 0.1) is 6.92 Å². The molecule has 0 saturated carbocycles. The molecule has 0 aliphatic carbocycles. The zero-order valence-corrected chi connectivity index (χ0v) is 18.7. The predicted octanol–water partition coefficient (Wildman–Crippen LogP) is 8.14. The molecule has 0 unspecified atom stereocenters. The fourth-order valence-corrected chi connectivity index (χ4v) is 3.82. The monoisotopic (exact) mass is 471 g/mol. The maximum Gasteiger partial charge on any atom is 0.416 e. The van der Waals surface area contributed by atoms with Crippen molar-refractivity contribution in [2.24, 2.45) is 0 Å². The van der Waals surface area contributed by atoms with E-state index in [1.165, 1.54) is 12.1 Å². The van der Waals surface area contributed by atoms with Gasteiger partial charge >= 0.3 is 6.18 Å². The normalized spacial score (nSPS) is 11.4. The van der Waals surface area contributed by atoms with Crippen LogP contribution >= 0.6 is 0 Å². The van der Waals surface area contributed by atoms with E-state index in [4.69, 9.17) is 4.52 Å². The Morgan fingerprint density at radius 3 is 2.00 bits per heavy atom. The Bertz CT molecular complexity index is 1440. The number of aryl methyl sites for hydroxylation is 1. The minimum atomic E-state index is -4.37. The Morgan fingerprint density at radius 1 is 0.714 bits per heavy atom. The summed E-state index contributed by atoms with van der Waals surface area (Å²) in [5.41, 5.74) is 5.74. The number of alkyl halides is 3.